The number of methoxy groups -OCH3 is 1. The van der Waals surface area contributed by atoms with Crippen LogP contribution in [-0.4, -0.2) is 40.8 Å². The Kier molecular flexibility index (Phi) is 6.63. The fourth-order valence-corrected chi connectivity index (χ4v) is 3.38. The lowest BCUT2D eigenvalue weighted by Crippen LogP contribution is -2.34. The van der Waals surface area contributed by atoms with Crippen LogP contribution >= 0.6 is 11.8 Å². The molecule has 1 fully saturated rings. The fourth-order valence-electron chi connectivity index (χ4n) is 2.55. The lowest BCUT2D eigenvalue weighted by molar-refractivity contribution is -0.143. The topological polar surface area (TPSA) is 109 Å². The highest BCUT2D eigenvalue weighted by Crippen LogP contribution is 2.35. The molecule has 32 heavy (non-hydrogen) atoms. The van der Waals surface area contributed by atoms with Crippen LogP contribution in [0.3, 0.4) is 0 Å². The number of esters is 1. The van der Waals surface area contributed by atoms with Gasteiger partial charge in [0.05, 0.1) is 29.0 Å². The smallest absolute Gasteiger partial charge is 0.416 e. The van der Waals surface area contributed by atoms with Crippen molar-refractivity contribution in [1.82, 2.24) is 4.90 Å². The van der Waals surface area contributed by atoms with E-state index in [1.807, 2.05) is 0 Å². The largest absolute Gasteiger partial charge is 0.507 e. The molecule has 0 unspecified atom stereocenters. The first kappa shape index (κ1) is 23.0. The summed E-state index contributed by atoms with van der Waals surface area (Å²) >= 11 is 0.577. The molecule has 0 radical (unpaired) electrons. The van der Waals surface area contributed by atoms with Gasteiger partial charge in [0, 0.05) is 5.56 Å². The molecule has 8 nitrogen and oxygen atoms in total. The zero-order chi connectivity index (χ0) is 23.5. The zero-order valence-corrected chi connectivity index (χ0v) is 17.1. The van der Waals surface area contributed by atoms with E-state index < -0.39 is 35.4 Å². The molecule has 166 valence electrons. The molecule has 0 saturated carbocycles. The Balaban J connectivity index is 1.84. The number of phenolic OH excluding ortho intramolecular Hbond substituents is 1. The van der Waals surface area contributed by atoms with Gasteiger partial charge in [0.15, 0.2) is 0 Å². The predicted molar refractivity (Wildman–Crippen MR) is 108 cm³/mol. The van der Waals surface area contributed by atoms with E-state index in [0.29, 0.717) is 16.7 Å². The summed E-state index contributed by atoms with van der Waals surface area (Å²) in [6.45, 7) is -0.546. The third-order valence-electron chi connectivity index (χ3n) is 4.14. The molecule has 12 heteroatoms. The van der Waals surface area contributed by atoms with Gasteiger partial charge in [-0.2, -0.15) is 23.4 Å². The number of carbonyl (C=O) groups excluding carboxylic acids is 3. The van der Waals surface area contributed by atoms with Crippen molar-refractivity contribution in [3.63, 3.8) is 0 Å². The Morgan fingerprint density at radius 3 is 2.50 bits per heavy atom. The number of amides is 2. The van der Waals surface area contributed by atoms with E-state index in [1.54, 1.807) is 0 Å². The van der Waals surface area contributed by atoms with Gasteiger partial charge in [-0.15, -0.1) is 0 Å². The summed E-state index contributed by atoms with van der Waals surface area (Å²) in [5.41, 5.74) is -0.601. The number of benzene rings is 2. The van der Waals surface area contributed by atoms with Crippen molar-refractivity contribution < 1.29 is 37.4 Å². The summed E-state index contributed by atoms with van der Waals surface area (Å²) in [6, 6.07) is 8.24. The monoisotopic (exact) mass is 465 g/mol. The number of halogens is 3. The summed E-state index contributed by atoms with van der Waals surface area (Å²) in [5.74, 6) is -1.74. The van der Waals surface area contributed by atoms with E-state index in [9.17, 15) is 32.7 Å². The number of hydrogen-bond donors (Lipinski definition) is 1. The van der Waals surface area contributed by atoms with Gasteiger partial charge >= 0.3 is 12.1 Å². The number of hydrogen-bond acceptors (Lipinski definition) is 8. The highest BCUT2D eigenvalue weighted by molar-refractivity contribution is 8.18. The first-order valence-corrected chi connectivity index (χ1v) is 9.64. The highest BCUT2D eigenvalue weighted by atomic mass is 32.2. The van der Waals surface area contributed by atoms with Crippen LogP contribution in [0.25, 0.3) is 6.08 Å². The van der Waals surface area contributed by atoms with Crippen molar-refractivity contribution in [1.29, 1.82) is 0 Å². The molecule has 0 aliphatic carbocycles. The van der Waals surface area contributed by atoms with Crippen LogP contribution in [0.15, 0.2) is 57.6 Å². The molecule has 3 rings (SSSR count). The van der Waals surface area contributed by atoms with Gasteiger partial charge < -0.3 is 9.84 Å². The molecule has 1 saturated heterocycles. The number of thioether (sulfide) groups is 1. The summed E-state index contributed by atoms with van der Waals surface area (Å²) in [6.07, 6.45) is -3.28. The molecule has 2 aromatic rings. The van der Waals surface area contributed by atoms with E-state index in [4.69, 9.17) is 0 Å². The van der Waals surface area contributed by atoms with Crippen LogP contribution in [0.4, 0.5) is 29.3 Å². The standard InChI is InChI=1S/C20H14F3N3O5S/c1-31-17(28)10-26-18(29)16(32-19(26)30)8-11-7-14(5-6-15(11)27)25-24-13-4-2-3-12(9-13)20(21,22)23/h2-9,27H,10H2,1H3/b16-8-,25-24?. The number of azo groups is 1. The molecule has 1 aliphatic rings. The first-order chi connectivity index (χ1) is 15.1. The fraction of sp³-hybridized carbons (Fsp3) is 0.150. The average molecular weight is 465 g/mol. The Bertz CT molecular complexity index is 1150. The molecule has 0 aromatic heterocycles. The Hall–Kier alpha value is -3.67. The number of carbonyl (C=O) groups is 3. The maximum atomic E-state index is 12.8. The van der Waals surface area contributed by atoms with E-state index in [-0.39, 0.29) is 27.6 Å². The van der Waals surface area contributed by atoms with Gasteiger partial charge in [0.2, 0.25) is 0 Å². The predicted octanol–water partition coefficient (Wildman–Crippen LogP) is 5.04. The van der Waals surface area contributed by atoms with Crippen molar-refractivity contribution >= 4 is 46.3 Å². The molecule has 2 amide bonds. The van der Waals surface area contributed by atoms with Crippen LogP contribution in [0, 0.1) is 0 Å². The molecular formula is C20H14F3N3O5S. The van der Waals surface area contributed by atoms with Crippen LogP contribution in [0.1, 0.15) is 11.1 Å². The maximum absolute atomic E-state index is 12.8. The summed E-state index contributed by atoms with van der Waals surface area (Å²) in [5, 5.41) is 17.0. The van der Waals surface area contributed by atoms with Crippen molar-refractivity contribution in [2.45, 2.75) is 6.18 Å². The van der Waals surface area contributed by atoms with E-state index >= 15 is 0 Å². The van der Waals surface area contributed by atoms with Crippen molar-refractivity contribution in [2.75, 3.05) is 13.7 Å². The molecule has 2 aromatic carbocycles. The van der Waals surface area contributed by atoms with Gasteiger partial charge in [0.25, 0.3) is 11.1 Å². The lowest BCUT2D eigenvalue weighted by atomic mass is 10.1. The summed E-state index contributed by atoms with van der Waals surface area (Å²) in [7, 11) is 1.12. The van der Waals surface area contributed by atoms with Gasteiger partial charge in [0.1, 0.15) is 12.3 Å². The van der Waals surface area contributed by atoms with Gasteiger partial charge in [-0.1, -0.05) is 6.07 Å². The second kappa shape index (κ2) is 9.22. The van der Waals surface area contributed by atoms with Crippen LogP contribution < -0.4 is 0 Å². The number of imide groups is 1. The molecular weight excluding hydrogens is 451 g/mol. The number of aromatic hydroxyl groups is 1. The second-order valence-electron chi connectivity index (χ2n) is 6.34. The minimum absolute atomic E-state index is 0.0293. The minimum atomic E-state index is -4.52. The number of nitrogens with zero attached hydrogens (tertiary/aromatic N) is 3. The van der Waals surface area contributed by atoms with Gasteiger partial charge in [-0.3, -0.25) is 19.3 Å². The van der Waals surface area contributed by atoms with Gasteiger partial charge in [-0.25, -0.2) is 0 Å². The van der Waals surface area contributed by atoms with Crippen molar-refractivity contribution in [3.05, 3.63) is 58.5 Å². The van der Waals surface area contributed by atoms with E-state index in [1.165, 1.54) is 36.4 Å². The number of phenols is 1. The third kappa shape index (κ3) is 5.32. The number of ether oxygens (including phenoxy) is 1. The van der Waals surface area contributed by atoms with Crippen molar-refractivity contribution in [3.8, 4) is 5.75 Å². The SMILES string of the molecule is COC(=O)CN1C(=O)S/C(=C\c2cc(N=Nc3cccc(C(F)(F)F)c3)ccc2O)C1=O. The van der Waals surface area contributed by atoms with Crippen LogP contribution in [0.5, 0.6) is 5.75 Å². The van der Waals surface area contributed by atoms with Crippen LogP contribution in [0.2, 0.25) is 0 Å². The minimum Gasteiger partial charge on any atom is -0.507 e. The van der Waals surface area contributed by atoms with Gasteiger partial charge in [-0.05, 0) is 54.2 Å². The molecule has 0 spiro atoms. The molecule has 1 N–H and O–H groups in total. The average Bonchev–Trinajstić information content (AvgIpc) is 3.01. The number of alkyl halides is 3. The lowest BCUT2D eigenvalue weighted by Gasteiger charge is -2.09. The maximum Gasteiger partial charge on any atom is 0.416 e. The quantitative estimate of drug-likeness (QED) is 0.377. The zero-order valence-electron chi connectivity index (χ0n) is 16.3. The second-order valence-corrected chi connectivity index (χ2v) is 7.33. The Morgan fingerprint density at radius 2 is 1.84 bits per heavy atom. The van der Waals surface area contributed by atoms with E-state index in [2.05, 4.69) is 15.0 Å². The summed E-state index contributed by atoms with van der Waals surface area (Å²) in [4.78, 5) is 36.4. The molecule has 1 aliphatic heterocycles. The molecule has 0 bridgehead atoms. The Morgan fingerprint density at radius 1 is 1.16 bits per heavy atom. The first-order valence-electron chi connectivity index (χ1n) is 8.82. The van der Waals surface area contributed by atoms with Crippen LogP contribution in [-0.2, 0) is 20.5 Å². The number of rotatable bonds is 5. The van der Waals surface area contributed by atoms with Crippen molar-refractivity contribution in [2.24, 2.45) is 10.2 Å². The molecule has 1 heterocycles. The normalized spacial score (nSPS) is 15.8. The third-order valence-corrected chi connectivity index (χ3v) is 5.05. The molecule has 0 atom stereocenters. The van der Waals surface area contributed by atoms with E-state index in [0.717, 1.165) is 19.2 Å². The summed E-state index contributed by atoms with van der Waals surface area (Å²) < 4.78 is 42.9. The Labute approximate surface area is 183 Å². The highest BCUT2D eigenvalue weighted by Gasteiger charge is 2.36.